The summed E-state index contributed by atoms with van der Waals surface area (Å²) < 4.78 is 0. The molecule has 2 rings (SSSR count). The Kier molecular flexibility index (Phi) is 3.31. The van der Waals surface area contributed by atoms with Gasteiger partial charge in [-0.3, -0.25) is 0 Å². The second-order valence-electron chi connectivity index (χ2n) is 4.09. The zero-order chi connectivity index (χ0) is 12.1. The van der Waals surface area contributed by atoms with Crippen LogP contribution < -0.4 is 10.4 Å². The first-order valence-corrected chi connectivity index (χ1v) is 8.04. The molecule has 1 nitrogen and oxygen atoms in total. The molecule has 0 unspecified atom stereocenters. The van der Waals surface area contributed by atoms with Crippen LogP contribution in [0, 0.1) is 11.7 Å². The molecule has 0 heterocycles. The molecule has 0 amide bonds. The number of benzene rings is 2. The number of rotatable bonds is 2. The van der Waals surface area contributed by atoms with Crippen LogP contribution in [0.2, 0.25) is 6.55 Å². The fourth-order valence-corrected chi connectivity index (χ4v) is 4.53. The Morgan fingerprint density at radius 2 is 1.24 bits per heavy atom. The number of hydrogen-bond acceptors (Lipinski definition) is 1. The van der Waals surface area contributed by atoms with Gasteiger partial charge in [0.1, 0.15) is 6.11 Å². The van der Waals surface area contributed by atoms with E-state index >= 15 is 0 Å². The summed E-state index contributed by atoms with van der Waals surface area (Å²) in [4.78, 5) is 0. The summed E-state index contributed by atoms with van der Waals surface area (Å²) in [5.41, 5.74) is 3.04. The second-order valence-corrected chi connectivity index (χ2v) is 7.75. The summed E-state index contributed by atoms with van der Waals surface area (Å²) in [7, 11) is -2.11. The molecule has 2 aromatic carbocycles. The van der Waals surface area contributed by atoms with Gasteiger partial charge in [-0.2, -0.15) is 0 Å². The highest BCUT2D eigenvalue weighted by atomic mass is 28.3. The molecule has 0 saturated heterocycles. The van der Waals surface area contributed by atoms with Crippen LogP contribution in [0.3, 0.4) is 0 Å². The van der Waals surface area contributed by atoms with Gasteiger partial charge in [-0.05, 0) is 10.4 Å². The smallest absolute Gasteiger partial charge is 0.200 e. The highest BCUT2D eigenvalue weighted by Crippen LogP contribution is 2.04. The molecule has 84 valence electrons. The first-order chi connectivity index (χ1) is 8.27. The Morgan fingerprint density at radius 3 is 1.59 bits per heavy atom. The van der Waals surface area contributed by atoms with Gasteiger partial charge in [0, 0.05) is 0 Å². The number of aliphatic hydroxyl groups is 1. The average Bonchev–Trinajstić information content (AvgIpc) is 2.41. The van der Waals surface area contributed by atoms with Gasteiger partial charge < -0.3 is 5.11 Å². The van der Waals surface area contributed by atoms with Crippen LogP contribution in [0.25, 0.3) is 0 Å². The van der Waals surface area contributed by atoms with E-state index in [2.05, 4.69) is 42.5 Å². The highest BCUT2D eigenvalue weighted by Gasteiger charge is 2.30. The van der Waals surface area contributed by atoms with Crippen molar-refractivity contribution in [1.82, 2.24) is 0 Å². The lowest BCUT2D eigenvalue weighted by molar-refractivity contribution is 0.518. The van der Waals surface area contributed by atoms with E-state index in [4.69, 9.17) is 5.11 Å². The number of hydrogen-bond donors (Lipinski definition) is 1. The quantitative estimate of drug-likeness (QED) is 0.624. The van der Waals surface area contributed by atoms with Gasteiger partial charge in [0.05, 0.1) is 0 Å². The van der Waals surface area contributed by atoms with E-state index in [-0.39, 0.29) is 0 Å². The van der Waals surface area contributed by atoms with E-state index in [1.54, 1.807) is 0 Å². The van der Waals surface area contributed by atoms with Crippen molar-refractivity contribution in [2.45, 2.75) is 6.55 Å². The molecule has 0 spiro atoms. The van der Waals surface area contributed by atoms with E-state index in [0.29, 0.717) is 0 Å². The van der Waals surface area contributed by atoms with Gasteiger partial charge >= 0.3 is 0 Å². The van der Waals surface area contributed by atoms with Crippen LogP contribution in [-0.2, 0) is 0 Å². The first-order valence-electron chi connectivity index (χ1n) is 5.54. The Bertz CT molecular complexity index is 498. The molecular formula is C15H14OSi. The monoisotopic (exact) mass is 238 g/mol. The molecule has 0 aliphatic rings. The second kappa shape index (κ2) is 4.90. The minimum Gasteiger partial charge on any atom is -0.462 e. The van der Waals surface area contributed by atoms with Gasteiger partial charge in [-0.1, -0.05) is 72.8 Å². The lowest BCUT2D eigenvalue weighted by Crippen LogP contribution is -2.54. The predicted octanol–water partition coefficient (Wildman–Crippen LogP) is 1.75. The van der Waals surface area contributed by atoms with E-state index in [1.165, 1.54) is 10.4 Å². The van der Waals surface area contributed by atoms with Crippen molar-refractivity contribution in [3.05, 3.63) is 60.7 Å². The van der Waals surface area contributed by atoms with Crippen molar-refractivity contribution < 1.29 is 5.11 Å². The van der Waals surface area contributed by atoms with Gasteiger partial charge in [0.25, 0.3) is 0 Å². The van der Waals surface area contributed by atoms with Crippen molar-refractivity contribution in [3.8, 4) is 11.7 Å². The lowest BCUT2D eigenvalue weighted by atomic mass is 10.4. The van der Waals surface area contributed by atoms with E-state index in [1.807, 2.05) is 36.4 Å². The zero-order valence-corrected chi connectivity index (χ0v) is 10.7. The molecular weight excluding hydrogens is 224 g/mol. The molecule has 2 heteroatoms. The van der Waals surface area contributed by atoms with Crippen molar-refractivity contribution in [1.29, 1.82) is 0 Å². The summed E-state index contributed by atoms with van der Waals surface area (Å²) in [5.74, 6) is 0. The largest absolute Gasteiger partial charge is 0.462 e. The molecule has 0 bridgehead atoms. The molecule has 0 aliphatic carbocycles. The van der Waals surface area contributed by atoms with Crippen LogP contribution >= 0.6 is 0 Å². The van der Waals surface area contributed by atoms with Crippen molar-refractivity contribution in [2.24, 2.45) is 0 Å². The Labute approximate surface area is 103 Å². The molecule has 0 atom stereocenters. The maximum absolute atomic E-state index is 9.00. The van der Waals surface area contributed by atoms with E-state index < -0.39 is 8.07 Å². The summed E-state index contributed by atoms with van der Waals surface area (Å²) in [6.07, 6.45) is 2.12. The molecule has 0 radical (unpaired) electrons. The fourth-order valence-electron chi connectivity index (χ4n) is 1.97. The minimum atomic E-state index is -2.11. The Hall–Kier alpha value is -1.98. The summed E-state index contributed by atoms with van der Waals surface area (Å²) >= 11 is 0. The van der Waals surface area contributed by atoms with Crippen molar-refractivity contribution in [3.63, 3.8) is 0 Å². The van der Waals surface area contributed by atoms with Gasteiger partial charge in [0.15, 0.2) is 0 Å². The van der Waals surface area contributed by atoms with Crippen LogP contribution in [0.5, 0.6) is 0 Å². The van der Waals surface area contributed by atoms with Crippen LogP contribution in [0.1, 0.15) is 0 Å². The standard InChI is InChI=1S/C15H14OSi/c1-17(13-12-16,14-8-4-2-5-9-14)15-10-6-3-7-11-15/h2-11,16H,1H3. The summed E-state index contributed by atoms with van der Waals surface area (Å²) in [6.45, 7) is 2.15. The molecule has 2 aromatic rings. The maximum atomic E-state index is 9.00. The predicted molar refractivity (Wildman–Crippen MR) is 73.5 cm³/mol. The molecule has 0 fully saturated rings. The van der Waals surface area contributed by atoms with Gasteiger partial charge in [-0.25, -0.2) is 0 Å². The maximum Gasteiger partial charge on any atom is 0.200 e. The minimum absolute atomic E-state index is 1.22. The first kappa shape index (κ1) is 11.5. The molecule has 17 heavy (non-hydrogen) atoms. The fraction of sp³-hybridized carbons (Fsp3) is 0.0667. The van der Waals surface area contributed by atoms with E-state index in [0.717, 1.165) is 0 Å². The van der Waals surface area contributed by atoms with E-state index in [9.17, 15) is 0 Å². The molecule has 0 aromatic heterocycles. The highest BCUT2D eigenvalue weighted by molar-refractivity contribution is 7.07. The molecule has 0 aliphatic heterocycles. The van der Waals surface area contributed by atoms with Crippen molar-refractivity contribution >= 4 is 18.4 Å². The van der Waals surface area contributed by atoms with Gasteiger partial charge in [0.2, 0.25) is 8.07 Å². The van der Waals surface area contributed by atoms with Crippen molar-refractivity contribution in [2.75, 3.05) is 0 Å². The Morgan fingerprint density at radius 1 is 0.824 bits per heavy atom. The summed E-state index contributed by atoms with van der Waals surface area (Å²) in [5, 5.41) is 11.4. The molecule has 1 N–H and O–H groups in total. The number of aliphatic hydroxyl groups excluding tert-OH is 1. The topological polar surface area (TPSA) is 20.2 Å². The third-order valence-corrected chi connectivity index (χ3v) is 6.60. The third-order valence-electron chi connectivity index (χ3n) is 3.01. The lowest BCUT2D eigenvalue weighted by Gasteiger charge is -2.21. The zero-order valence-electron chi connectivity index (χ0n) is 9.72. The normalized spacial score (nSPS) is 10.4. The van der Waals surface area contributed by atoms with Gasteiger partial charge in [-0.15, -0.1) is 0 Å². The Balaban J connectivity index is 2.58. The third kappa shape index (κ3) is 2.25. The molecule has 0 saturated carbocycles. The summed E-state index contributed by atoms with van der Waals surface area (Å²) in [6, 6.07) is 20.4. The van der Waals surface area contributed by atoms with Crippen LogP contribution in [0.15, 0.2) is 60.7 Å². The SMILES string of the molecule is C[Si](C#CO)(c1ccccc1)c1ccccc1. The average molecular weight is 238 g/mol. The van der Waals surface area contributed by atoms with Crippen LogP contribution in [0.4, 0.5) is 0 Å². The van der Waals surface area contributed by atoms with Crippen LogP contribution in [-0.4, -0.2) is 13.2 Å².